The predicted octanol–water partition coefficient (Wildman–Crippen LogP) is 2.16. The Morgan fingerprint density at radius 2 is 2.15 bits per heavy atom. The maximum atomic E-state index is 12.6. The number of nitrogens with zero attached hydrogens (tertiary/aromatic N) is 2. The van der Waals surface area contributed by atoms with Crippen LogP contribution in [0.25, 0.3) is 0 Å². The summed E-state index contributed by atoms with van der Waals surface area (Å²) in [4.78, 5) is 18.8. The van der Waals surface area contributed by atoms with Gasteiger partial charge in [-0.25, -0.2) is 0 Å². The smallest absolute Gasteiger partial charge is 0.255 e. The van der Waals surface area contributed by atoms with Crippen LogP contribution in [-0.4, -0.2) is 39.6 Å². The van der Waals surface area contributed by atoms with Crippen LogP contribution in [0.5, 0.6) is 0 Å². The number of aliphatic hydroxyl groups excluding tert-OH is 1. The Bertz CT molecular complexity index is 486. The average Bonchev–Trinajstić information content (AvgIpc) is 3.07. The molecule has 1 aromatic rings. The first-order chi connectivity index (χ1) is 9.66. The predicted molar refractivity (Wildman–Crippen MR) is 76.4 cm³/mol. The summed E-state index contributed by atoms with van der Waals surface area (Å²) in [6.07, 6.45) is 6.50. The summed E-state index contributed by atoms with van der Waals surface area (Å²) in [5.41, 5.74) is 1.58. The van der Waals surface area contributed by atoms with Gasteiger partial charge in [-0.05, 0) is 44.7 Å². The lowest BCUT2D eigenvalue weighted by Gasteiger charge is -2.31. The van der Waals surface area contributed by atoms with Gasteiger partial charge < -0.3 is 10.0 Å². The molecule has 0 bridgehead atoms. The summed E-state index contributed by atoms with van der Waals surface area (Å²) in [7, 11) is 0. The van der Waals surface area contributed by atoms with Gasteiger partial charge in [0.25, 0.3) is 5.91 Å². The van der Waals surface area contributed by atoms with Crippen molar-refractivity contribution >= 4 is 5.91 Å². The lowest BCUT2D eigenvalue weighted by atomic mass is 9.94. The highest BCUT2D eigenvalue weighted by molar-refractivity contribution is 5.94. The van der Waals surface area contributed by atoms with E-state index >= 15 is 0 Å². The standard InChI is InChI=1S/C16H22N2O2/c1-11-7-8-12(10-17-11)16(20)18-9-3-5-14(18)13-4-2-6-15(13)19/h7-8,10,13-15,19H,2-6,9H2,1H3. The van der Waals surface area contributed by atoms with Crippen molar-refractivity contribution in [1.82, 2.24) is 9.88 Å². The van der Waals surface area contributed by atoms with Gasteiger partial charge in [-0.1, -0.05) is 6.42 Å². The van der Waals surface area contributed by atoms with Crippen LogP contribution in [-0.2, 0) is 0 Å². The highest BCUT2D eigenvalue weighted by Gasteiger charge is 2.40. The SMILES string of the molecule is Cc1ccc(C(=O)N2CCCC2C2CCCC2O)cn1. The first-order valence-electron chi connectivity index (χ1n) is 7.58. The van der Waals surface area contributed by atoms with Gasteiger partial charge in [0.05, 0.1) is 11.7 Å². The Hall–Kier alpha value is -1.42. The molecule has 2 fully saturated rings. The Morgan fingerprint density at radius 1 is 1.30 bits per heavy atom. The fourth-order valence-electron chi connectivity index (χ4n) is 3.67. The second-order valence-electron chi connectivity index (χ2n) is 6.06. The normalized spacial score (nSPS) is 29.9. The first-order valence-corrected chi connectivity index (χ1v) is 7.58. The van der Waals surface area contributed by atoms with Crippen molar-refractivity contribution in [3.8, 4) is 0 Å². The zero-order chi connectivity index (χ0) is 14.1. The number of hydrogen-bond donors (Lipinski definition) is 1. The van der Waals surface area contributed by atoms with Crippen LogP contribution in [0.4, 0.5) is 0 Å². The first kappa shape index (κ1) is 13.6. The van der Waals surface area contributed by atoms with Crippen molar-refractivity contribution in [2.24, 2.45) is 5.92 Å². The molecular weight excluding hydrogens is 252 g/mol. The Labute approximate surface area is 119 Å². The lowest BCUT2D eigenvalue weighted by molar-refractivity contribution is 0.0527. The number of carbonyl (C=O) groups excluding carboxylic acids is 1. The Kier molecular flexibility index (Phi) is 3.74. The number of likely N-dealkylation sites (tertiary alicyclic amines) is 1. The molecule has 4 heteroatoms. The summed E-state index contributed by atoms with van der Waals surface area (Å²) < 4.78 is 0. The molecule has 1 aliphatic heterocycles. The third-order valence-electron chi connectivity index (χ3n) is 4.74. The molecule has 2 aliphatic rings. The van der Waals surface area contributed by atoms with Crippen LogP contribution in [0.1, 0.15) is 48.2 Å². The fraction of sp³-hybridized carbons (Fsp3) is 0.625. The molecule has 0 spiro atoms. The highest BCUT2D eigenvalue weighted by atomic mass is 16.3. The van der Waals surface area contributed by atoms with E-state index in [1.807, 2.05) is 24.0 Å². The summed E-state index contributed by atoms with van der Waals surface area (Å²) in [6.45, 7) is 2.72. The van der Waals surface area contributed by atoms with E-state index in [1.165, 1.54) is 0 Å². The number of hydrogen-bond acceptors (Lipinski definition) is 3. The molecule has 3 unspecified atom stereocenters. The number of aliphatic hydroxyl groups is 1. The van der Waals surface area contributed by atoms with E-state index in [0.717, 1.165) is 44.3 Å². The molecule has 3 rings (SSSR count). The maximum Gasteiger partial charge on any atom is 0.255 e. The van der Waals surface area contributed by atoms with E-state index in [-0.39, 0.29) is 24.0 Å². The molecule has 1 saturated carbocycles. The average molecular weight is 274 g/mol. The minimum Gasteiger partial charge on any atom is -0.393 e. The Morgan fingerprint density at radius 3 is 2.80 bits per heavy atom. The number of aromatic nitrogens is 1. The van der Waals surface area contributed by atoms with Gasteiger partial charge in [0.15, 0.2) is 0 Å². The quantitative estimate of drug-likeness (QED) is 0.899. The van der Waals surface area contributed by atoms with Crippen molar-refractivity contribution in [2.75, 3.05) is 6.54 Å². The Balaban J connectivity index is 1.78. The molecule has 0 radical (unpaired) electrons. The van der Waals surface area contributed by atoms with Crippen molar-refractivity contribution in [2.45, 2.75) is 51.2 Å². The van der Waals surface area contributed by atoms with Gasteiger partial charge in [-0.15, -0.1) is 0 Å². The van der Waals surface area contributed by atoms with E-state index in [2.05, 4.69) is 4.98 Å². The van der Waals surface area contributed by atoms with Crippen LogP contribution in [0.2, 0.25) is 0 Å². The van der Waals surface area contributed by atoms with Crippen LogP contribution in [0.3, 0.4) is 0 Å². The van der Waals surface area contributed by atoms with Crippen LogP contribution in [0, 0.1) is 12.8 Å². The third-order valence-corrected chi connectivity index (χ3v) is 4.74. The van der Waals surface area contributed by atoms with Gasteiger partial charge >= 0.3 is 0 Å². The number of aryl methyl sites for hydroxylation is 1. The van der Waals surface area contributed by atoms with Crippen molar-refractivity contribution in [3.05, 3.63) is 29.6 Å². The van der Waals surface area contributed by atoms with E-state index < -0.39 is 0 Å². The van der Waals surface area contributed by atoms with Gasteiger partial charge in [0.2, 0.25) is 0 Å². The van der Waals surface area contributed by atoms with E-state index in [0.29, 0.717) is 5.56 Å². The molecule has 3 atom stereocenters. The van der Waals surface area contributed by atoms with Gasteiger partial charge in [-0.3, -0.25) is 9.78 Å². The minimum atomic E-state index is -0.232. The second kappa shape index (κ2) is 5.52. The highest BCUT2D eigenvalue weighted by Crippen LogP contribution is 2.36. The fourth-order valence-corrected chi connectivity index (χ4v) is 3.67. The summed E-state index contributed by atoms with van der Waals surface area (Å²) >= 11 is 0. The minimum absolute atomic E-state index is 0.0686. The van der Waals surface area contributed by atoms with Gasteiger partial charge in [0.1, 0.15) is 0 Å². The van der Waals surface area contributed by atoms with Crippen molar-refractivity contribution in [1.29, 1.82) is 0 Å². The van der Waals surface area contributed by atoms with Gasteiger partial charge in [-0.2, -0.15) is 0 Å². The van der Waals surface area contributed by atoms with Crippen molar-refractivity contribution < 1.29 is 9.90 Å². The lowest BCUT2D eigenvalue weighted by Crippen LogP contribution is -2.42. The number of rotatable bonds is 2. The second-order valence-corrected chi connectivity index (χ2v) is 6.06. The van der Waals surface area contributed by atoms with E-state index in [9.17, 15) is 9.90 Å². The van der Waals surface area contributed by atoms with Crippen LogP contribution < -0.4 is 0 Å². The van der Waals surface area contributed by atoms with Crippen LogP contribution in [0.15, 0.2) is 18.3 Å². The third kappa shape index (κ3) is 2.44. The molecule has 1 N–H and O–H groups in total. The molecule has 0 aromatic carbocycles. The molecule has 1 aromatic heterocycles. The summed E-state index contributed by atoms with van der Waals surface area (Å²) in [5, 5.41) is 10.1. The number of pyridine rings is 1. The molecular formula is C16H22N2O2. The zero-order valence-corrected chi connectivity index (χ0v) is 12.0. The summed E-state index contributed by atoms with van der Waals surface area (Å²) in [5.74, 6) is 0.332. The zero-order valence-electron chi connectivity index (χ0n) is 12.0. The van der Waals surface area contributed by atoms with Crippen LogP contribution >= 0.6 is 0 Å². The molecule has 1 amide bonds. The molecule has 1 aliphatic carbocycles. The molecule has 4 nitrogen and oxygen atoms in total. The monoisotopic (exact) mass is 274 g/mol. The summed E-state index contributed by atoms with van der Waals surface area (Å²) in [6, 6.07) is 3.94. The molecule has 20 heavy (non-hydrogen) atoms. The van der Waals surface area contributed by atoms with Gasteiger partial charge in [0, 0.05) is 30.4 Å². The van der Waals surface area contributed by atoms with Crippen molar-refractivity contribution in [3.63, 3.8) is 0 Å². The number of amides is 1. The topological polar surface area (TPSA) is 53.4 Å². The van der Waals surface area contributed by atoms with E-state index in [4.69, 9.17) is 0 Å². The molecule has 1 saturated heterocycles. The largest absolute Gasteiger partial charge is 0.393 e. The molecule has 2 heterocycles. The number of carbonyl (C=O) groups is 1. The maximum absolute atomic E-state index is 12.6. The van der Waals surface area contributed by atoms with E-state index in [1.54, 1.807) is 6.20 Å². The molecule has 108 valence electrons.